The number of halogens is 6. The molecular formula is C22H25F6N3O3. The molecule has 12 heteroatoms. The highest BCUT2D eigenvalue weighted by atomic mass is 19.4. The third-order valence-corrected chi connectivity index (χ3v) is 5.11. The molecule has 188 valence electrons. The van der Waals surface area contributed by atoms with Crippen LogP contribution >= 0.6 is 0 Å². The molecule has 2 rings (SSSR count). The summed E-state index contributed by atoms with van der Waals surface area (Å²) in [5, 5.41) is 12.4. The summed E-state index contributed by atoms with van der Waals surface area (Å²) in [6.45, 7) is 4.67. The fourth-order valence-electron chi connectivity index (χ4n) is 3.46. The first-order valence-corrected chi connectivity index (χ1v) is 10.3. The number of hydrogen-bond donors (Lipinski definition) is 2. The number of alkyl halides is 6. The van der Waals surface area contributed by atoms with Crippen LogP contribution in [0.4, 0.5) is 26.3 Å². The van der Waals surface area contributed by atoms with Crippen molar-refractivity contribution in [2.45, 2.75) is 64.6 Å². The lowest BCUT2D eigenvalue weighted by atomic mass is 9.99. The van der Waals surface area contributed by atoms with Crippen LogP contribution in [0.25, 0.3) is 0 Å². The smallest absolute Gasteiger partial charge is 0.416 e. The second-order valence-corrected chi connectivity index (χ2v) is 8.48. The fraction of sp³-hybridized carbons (Fsp3) is 0.500. The molecule has 0 aliphatic heterocycles. The van der Waals surface area contributed by atoms with Crippen molar-refractivity contribution in [2.75, 3.05) is 0 Å². The zero-order chi connectivity index (χ0) is 25.8. The van der Waals surface area contributed by atoms with Gasteiger partial charge in [-0.3, -0.25) is 14.9 Å². The van der Waals surface area contributed by atoms with Gasteiger partial charge in [0.25, 0.3) is 0 Å². The van der Waals surface area contributed by atoms with Crippen molar-refractivity contribution in [1.82, 2.24) is 14.9 Å². The van der Waals surface area contributed by atoms with Gasteiger partial charge in [-0.15, -0.1) is 0 Å². The number of imidazole rings is 1. The molecule has 0 aliphatic carbocycles. The summed E-state index contributed by atoms with van der Waals surface area (Å²) in [7, 11) is 0. The molecule has 6 nitrogen and oxygen atoms in total. The summed E-state index contributed by atoms with van der Waals surface area (Å²) in [4.78, 5) is 27.6. The molecule has 0 aliphatic rings. The van der Waals surface area contributed by atoms with Crippen LogP contribution in [0.5, 0.6) is 0 Å². The van der Waals surface area contributed by atoms with Crippen LogP contribution < -0.4 is 5.32 Å². The van der Waals surface area contributed by atoms with E-state index in [1.165, 1.54) is 24.0 Å². The summed E-state index contributed by atoms with van der Waals surface area (Å²) in [6, 6.07) is -0.689. The van der Waals surface area contributed by atoms with Gasteiger partial charge in [0.1, 0.15) is 11.8 Å². The Labute approximate surface area is 192 Å². The van der Waals surface area contributed by atoms with Crippen molar-refractivity contribution < 1.29 is 41.0 Å². The third-order valence-electron chi connectivity index (χ3n) is 5.11. The molecule has 1 heterocycles. The van der Waals surface area contributed by atoms with Crippen molar-refractivity contribution in [2.24, 2.45) is 5.92 Å². The number of aliphatic carboxylic acids is 1. The Morgan fingerprint density at radius 1 is 1.03 bits per heavy atom. The van der Waals surface area contributed by atoms with Crippen molar-refractivity contribution in [3.05, 3.63) is 53.1 Å². The Kier molecular flexibility index (Phi) is 8.51. The Bertz CT molecular complexity index is 982. The number of rotatable bonds is 10. The number of aromatic nitrogens is 2. The number of Topliss-reactive ketones (excluding diaryl/α,β-unsaturated/α-hetero) is 1. The molecule has 1 aromatic heterocycles. The molecule has 0 fully saturated rings. The van der Waals surface area contributed by atoms with Crippen LogP contribution in [-0.4, -0.2) is 38.5 Å². The molecule has 0 radical (unpaired) electrons. The molecule has 2 aromatic rings. The number of carbonyl (C=O) groups is 2. The Morgan fingerprint density at radius 3 is 2.03 bits per heavy atom. The first-order valence-electron chi connectivity index (χ1n) is 10.3. The number of carboxylic acid groups (broad SMARTS) is 1. The topological polar surface area (TPSA) is 84.2 Å². The Morgan fingerprint density at radius 2 is 1.59 bits per heavy atom. The average Bonchev–Trinajstić information content (AvgIpc) is 3.11. The van der Waals surface area contributed by atoms with Gasteiger partial charge in [0.2, 0.25) is 0 Å². The van der Waals surface area contributed by atoms with Gasteiger partial charge in [0.15, 0.2) is 0 Å². The predicted octanol–water partition coefficient (Wildman–Crippen LogP) is 4.56. The summed E-state index contributed by atoms with van der Waals surface area (Å²) < 4.78 is 80.1. The van der Waals surface area contributed by atoms with Gasteiger partial charge in [-0.2, -0.15) is 26.3 Å². The highest BCUT2D eigenvalue weighted by molar-refractivity contribution is 5.83. The van der Waals surface area contributed by atoms with E-state index in [-0.39, 0.29) is 35.4 Å². The number of nitrogens with zero attached hydrogens (tertiary/aromatic N) is 2. The van der Waals surface area contributed by atoms with Crippen molar-refractivity contribution >= 4 is 11.8 Å². The molecule has 0 saturated heterocycles. The minimum absolute atomic E-state index is 0.0410. The van der Waals surface area contributed by atoms with Crippen molar-refractivity contribution in [3.63, 3.8) is 0 Å². The summed E-state index contributed by atoms with van der Waals surface area (Å²) >= 11 is 0. The first kappa shape index (κ1) is 27.4. The summed E-state index contributed by atoms with van der Waals surface area (Å²) in [5.74, 6) is -1.41. The van der Waals surface area contributed by atoms with Gasteiger partial charge in [0, 0.05) is 24.9 Å². The van der Waals surface area contributed by atoms with Gasteiger partial charge in [-0.05, 0) is 43.0 Å². The maximum absolute atomic E-state index is 13.1. The third kappa shape index (κ3) is 7.57. The standard InChI is InChI=1S/C22H25F6N3O3/c1-12(2)4-18(13(3)32)30-19(20(33)34)8-17-9-29-11-31(17)10-14-5-15(21(23,24)25)7-16(6-14)22(26,27)28/h5-7,9,11-12,18-19,30H,4,8,10H2,1-3H3,(H,33,34)/t18?,19-/m0/s1. The van der Waals surface area contributed by atoms with Gasteiger partial charge in [0.05, 0.1) is 23.5 Å². The Balaban J connectivity index is 2.33. The molecule has 2 atom stereocenters. The lowest BCUT2D eigenvalue weighted by molar-refractivity contribution is -0.143. The van der Waals surface area contributed by atoms with Crippen LogP contribution in [0.15, 0.2) is 30.7 Å². The van der Waals surface area contributed by atoms with E-state index in [2.05, 4.69) is 10.3 Å². The van der Waals surface area contributed by atoms with E-state index >= 15 is 0 Å². The van der Waals surface area contributed by atoms with Gasteiger partial charge >= 0.3 is 18.3 Å². The van der Waals surface area contributed by atoms with E-state index in [0.29, 0.717) is 18.6 Å². The minimum atomic E-state index is -4.98. The fourth-order valence-corrected chi connectivity index (χ4v) is 3.46. The monoisotopic (exact) mass is 493 g/mol. The molecule has 0 bridgehead atoms. The van der Waals surface area contributed by atoms with E-state index in [1.54, 1.807) is 0 Å². The van der Waals surface area contributed by atoms with E-state index in [9.17, 15) is 41.0 Å². The van der Waals surface area contributed by atoms with Crippen LogP contribution in [0.1, 0.15) is 49.6 Å². The zero-order valence-electron chi connectivity index (χ0n) is 18.7. The van der Waals surface area contributed by atoms with Crippen molar-refractivity contribution in [3.8, 4) is 0 Å². The number of ketones is 1. The van der Waals surface area contributed by atoms with E-state index < -0.39 is 48.1 Å². The molecule has 0 saturated carbocycles. The largest absolute Gasteiger partial charge is 0.480 e. The molecule has 0 spiro atoms. The van der Waals surface area contributed by atoms with Gasteiger partial charge < -0.3 is 9.67 Å². The maximum Gasteiger partial charge on any atom is 0.416 e. The highest BCUT2D eigenvalue weighted by Gasteiger charge is 2.37. The SMILES string of the molecule is CC(=O)C(CC(C)C)N[C@@H](Cc1cncn1Cc1cc(C(F)(F)F)cc(C(F)(F)F)c1)C(=O)O. The van der Waals surface area contributed by atoms with Crippen molar-refractivity contribution in [1.29, 1.82) is 0 Å². The maximum atomic E-state index is 13.1. The van der Waals surface area contributed by atoms with E-state index in [1.807, 2.05) is 13.8 Å². The molecule has 2 N–H and O–H groups in total. The number of carboxylic acids is 1. The second-order valence-electron chi connectivity index (χ2n) is 8.48. The van der Waals surface area contributed by atoms with Crippen LogP contribution in [0.2, 0.25) is 0 Å². The number of carbonyl (C=O) groups excluding carboxylic acids is 1. The molecule has 1 unspecified atom stereocenters. The van der Waals surface area contributed by atoms with Gasteiger partial charge in [-0.1, -0.05) is 13.8 Å². The predicted molar refractivity (Wildman–Crippen MR) is 110 cm³/mol. The molecule has 34 heavy (non-hydrogen) atoms. The van der Waals surface area contributed by atoms with Crippen LogP contribution in [0, 0.1) is 5.92 Å². The highest BCUT2D eigenvalue weighted by Crippen LogP contribution is 2.36. The molecule has 1 aromatic carbocycles. The molecular weight excluding hydrogens is 468 g/mol. The lowest BCUT2D eigenvalue weighted by Gasteiger charge is -2.23. The zero-order valence-corrected chi connectivity index (χ0v) is 18.7. The number of nitrogens with one attached hydrogen (secondary N) is 1. The lowest BCUT2D eigenvalue weighted by Crippen LogP contribution is -2.48. The normalized spacial score (nSPS) is 14.3. The second kappa shape index (κ2) is 10.6. The summed E-state index contributed by atoms with van der Waals surface area (Å²) in [5.41, 5.74) is -2.90. The number of hydrogen-bond acceptors (Lipinski definition) is 4. The van der Waals surface area contributed by atoms with Crippen LogP contribution in [-0.2, 0) is 34.9 Å². The number of benzene rings is 1. The average molecular weight is 493 g/mol. The summed E-state index contributed by atoms with van der Waals surface area (Å²) in [6.07, 6.45) is -7.29. The first-order chi connectivity index (χ1) is 15.6. The Hall–Kier alpha value is -2.89. The minimum Gasteiger partial charge on any atom is -0.480 e. The molecule has 0 amide bonds. The van der Waals surface area contributed by atoms with Crippen LogP contribution in [0.3, 0.4) is 0 Å². The van der Waals surface area contributed by atoms with E-state index in [0.717, 1.165) is 0 Å². The van der Waals surface area contributed by atoms with Gasteiger partial charge in [-0.25, -0.2) is 4.98 Å². The quantitative estimate of drug-likeness (QED) is 0.475. The van der Waals surface area contributed by atoms with E-state index in [4.69, 9.17) is 0 Å².